The maximum absolute atomic E-state index is 12.4. The van der Waals surface area contributed by atoms with Crippen LogP contribution in [0.2, 0.25) is 5.02 Å². The van der Waals surface area contributed by atoms with E-state index in [0.717, 1.165) is 27.8 Å². The molecule has 2 heterocycles. The first kappa shape index (κ1) is 19.0. The molecule has 1 amide bonds. The average molecular weight is 406 g/mol. The normalized spacial score (nSPS) is 11.0. The van der Waals surface area contributed by atoms with Gasteiger partial charge >= 0.3 is 0 Å². The number of H-pyrrole nitrogens is 1. The van der Waals surface area contributed by atoms with Crippen LogP contribution in [0.25, 0.3) is 22.2 Å². The van der Waals surface area contributed by atoms with E-state index in [9.17, 15) is 4.79 Å². The minimum absolute atomic E-state index is 0.136. The van der Waals surface area contributed by atoms with E-state index in [4.69, 9.17) is 17.3 Å². The van der Waals surface area contributed by atoms with Gasteiger partial charge in [0.1, 0.15) is 0 Å². The molecule has 0 atom stereocenters. The van der Waals surface area contributed by atoms with Crippen LogP contribution in [0.3, 0.4) is 0 Å². The van der Waals surface area contributed by atoms with Crippen molar-refractivity contribution in [2.75, 3.05) is 19.8 Å². The molecule has 0 radical (unpaired) electrons. The summed E-state index contributed by atoms with van der Waals surface area (Å²) in [5.74, 6) is -0.136. The van der Waals surface area contributed by atoms with Crippen LogP contribution in [-0.2, 0) is 6.42 Å². The fraction of sp³-hybridized carbons (Fsp3) is 0.136. The molecule has 146 valence electrons. The van der Waals surface area contributed by atoms with Gasteiger partial charge in [-0.1, -0.05) is 29.8 Å². The molecule has 4 aromatic rings. The van der Waals surface area contributed by atoms with Crippen molar-refractivity contribution in [2.24, 2.45) is 0 Å². The number of halogens is 1. The molecule has 2 aromatic carbocycles. The predicted octanol–water partition coefficient (Wildman–Crippen LogP) is 4.15. The predicted molar refractivity (Wildman–Crippen MR) is 116 cm³/mol. The second kappa shape index (κ2) is 7.56. The lowest BCUT2D eigenvalue weighted by atomic mass is 10.0. The zero-order valence-electron chi connectivity index (χ0n) is 16.1. The van der Waals surface area contributed by atoms with E-state index < -0.39 is 0 Å². The fourth-order valence-corrected chi connectivity index (χ4v) is 3.47. The highest BCUT2D eigenvalue weighted by atomic mass is 35.5. The van der Waals surface area contributed by atoms with Gasteiger partial charge in [0, 0.05) is 54.1 Å². The Morgan fingerprint density at radius 3 is 2.72 bits per heavy atom. The number of anilines is 1. The number of amides is 1. The van der Waals surface area contributed by atoms with Crippen LogP contribution in [0.15, 0.2) is 54.7 Å². The van der Waals surface area contributed by atoms with Gasteiger partial charge in [0.2, 0.25) is 0 Å². The Morgan fingerprint density at radius 2 is 1.97 bits per heavy atom. The smallest absolute Gasteiger partial charge is 0.255 e. The highest BCUT2D eigenvalue weighted by Crippen LogP contribution is 2.28. The molecule has 0 fully saturated rings. The number of aromatic nitrogens is 3. The number of nitrogen functional groups attached to an aromatic ring is 1. The van der Waals surface area contributed by atoms with Crippen LogP contribution < -0.4 is 5.73 Å². The van der Waals surface area contributed by atoms with E-state index >= 15 is 0 Å². The van der Waals surface area contributed by atoms with Crippen molar-refractivity contribution < 1.29 is 4.79 Å². The van der Waals surface area contributed by atoms with E-state index in [1.165, 1.54) is 4.90 Å². The molecule has 4 rings (SSSR count). The molecular weight excluding hydrogens is 386 g/mol. The van der Waals surface area contributed by atoms with Gasteiger partial charge in [0.05, 0.1) is 5.56 Å². The summed E-state index contributed by atoms with van der Waals surface area (Å²) in [5.41, 5.74) is 11.4. The number of nitrogens with zero attached hydrogens (tertiary/aromatic N) is 3. The summed E-state index contributed by atoms with van der Waals surface area (Å²) in [6.07, 6.45) is 2.41. The monoisotopic (exact) mass is 405 g/mol. The molecule has 0 saturated carbocycles. The minimum Gasteiger partial charge on any atom is -0.398 e. The van der Waals surface area contributed by atoms with Gasteiger partial charge in [-0.15, -0.1) is 0 Å². The lowest BCUT2D eigenvalue weighted by Crippen LogP contribution is -2.22. The molecule has 2 aromatic heterocycles. The number of fused-ring (bicyclic) bond motifs is 1. The molecule has 29 heavy (non-hydrogen) atoms. The van der Waals surface area contributed by atoms with Crippen LogP contribution in [0.1, 0.15) is 21.6 Å². The highest BCUT2D eigenvalue weighted by Gasteiger charge is 2.15. The number of nitrogens with one attached hydrogen (secondary N) is 1. The molecule has 3 N–H and O–H groups in total. The van der Waals surface area contributed by atoms with Crippen molar-refractivity contribution in [3.63, 3.8) is 0 Å². The quantitative estimate of drug-likeness (QED) is 0.499. The molecule has 0 bridgehead atoms. The minimum atomic E-state index is -0.136. The molecule has 0 unspecified atom stereocenters. The van der Waals surface area contributed by atoms with Crippen molar-refractivity contribution >= 4 is 34.2 Å². The van der Waals surface area contributed by atoms with E-state index in [0.29, 0.717) is 28.3 Å². The summed E-state index contributed by atoms with van der Waals surface area (Å²) < 4.78 is 0. The van der Waals surface area contributed by atoms with Crippen LogP contribution in [-0.4, -0.2) is 40.1 Å². The zero-order valence-corrected chi connectivity index (χ0v) is 16.9. The summed E-state index contributed by atoms with van der Waals surface area (Å²) >= 11 is 6.10. The Bertz CT molecular complexity index is 1220. The van der Waals surface area contributed by atoms with E-state index in [2.05, 4.69) is 15.2 Å². The Morgan fingerprint density at radius 1 is 1.14 bits per heavy atom. The number of nitrogens with two attached hydrogens (primary N) is 1. The lowest BCUT2D eigenvalue weighted by Gasteiger charge is -2.13. The lowest BCUT2D eigenvalue weighted by molar-refractivity contribution is 0.0828. The van der Waals surface area contributed by atoms with Crippen molar-refractivity contribution in [1.82, 2.24) is 20.1 Å². The second-order valence-corrected chi connectivity index (χ2v) is 7.54. The summed E-state index contributed by atoms with van der Waals surface area (Å²) in [6.45, 7) is 0. The molecule has 7 heteroatoms. The number of aromatic amines is 1. The average Bonchev–Trinajstić information content (AvgIpc) is 3.10. The van der Waals surface area contributed by atoms with Gasteiger partial charge in [-0.3, -0.25) is 9.89 Å². The maximum atomic E-state index is 12.4. The molecule has 0 aliphatic rings. The van der Waals surface area contributed by atoms with Crippen LogP contribution in [0.5, 0.6) is 0 Å². The number of rotatable bonds is 4. The summed E-state index contributed by atoms with van der Waals surface area (Å²) in [7, 11) is 3.41. The Balaban J connectivity index is 1.74. The van der Waals surface area contributed by atoms with Crippen molar-refractivity contribution in [3.05, 3.63) is 76.6 Å². The standard InChI is InChI=1S/C22H20ClN5O/c1-28(2)22(29)17-10-14(6-7-19(17)24)15-11-18-20(26-27-21(18)25-12-15)9-13-4-3-5-16(23)8-13/h3-8,10-12H,9,24H2,1-2H3,(H,25,26,27). The van der Waals surface area contributed by atoms with Crippen molar-refractivity contribution in [2.45, 2.75) is 6.42 Å². The largest absolute Gasteiger partial charge is 0.398 e. The first-order valence-corrected chi connectivity index (χ1v) is 9.49. The topological polar surface area (TPSA) is 87.9 Å². The van der Waals surface area contributed by atoms with Gasteiger partial charge in [0.25, 0.3) is 5.91 Å². The molecule has 0 aliphatic carbocycles. The SMILES string of the molecule is CN(C)C(=O)c1cc(-c2cnc3n[nH]c(Cc4cccc(Cl)c4)c3c2)ccc1N. The third-order valence-electron chi connectivity index (χ3n) is 4.78. The number of hydrogen-bond donors (Lipinski definition) is 2. The van der Waals surface area contributed by atoms with Crippen molar-refractivity contribution in [1.29, 1.82) is 0 Å². The molecular formula is C22H20ClN5O. The zero-order chi connectivity index (χ0) is 20.5. The van der Waals surface area contributed by atoms with Gasteiger partial charge in [-0.05, 0) is 41.5 Å². The maximum Gasteiger partial charge on any atom is 0.255 e. The Hall–Kier alpha value is -3.38. The molecule has 0 saturated heterocycles. The number of carbonyl (C=O) groups is 1. The van der Waals surface area contributed by atoms with Crippen LogP contribution in [0.4, 0.5) is 5.69 Å². The third-order valence-corrected chi connectivity index (χ3v) is 5.02. The summed E-state index contributed by atoms with van der Waals surface area (Å²) in [6, 6.07) is 15.2. The summed E-state index contributed by atoms with van der Waals surface area (Å²) in [4.78, 5) is 18.4. The fourth-order valence-electron chi connectivity index (χ4n) is 3.26. The van der Waals surface area contributed by atoms with Crippen LogP contribution >= 0.6 is 11.6 Å². The van der Waals surface area contributed by atoms with Gasteiger partial charge in [-0.2, -0.15) is 5.10 Å². The summed E-state index contributed by atoms with van der Waals surface area (Å²) in [5, 5.41) is 9.01. The van der Waals surface area contributed by atoms with E-state index in [1.54, 1.807) is 32.4 Å². The van der Waals surface area contributed by atoms with Crippen LogP contribution in [0, 0.1) is 0 Å². The van der Waals surface area contributed by atoms with Gasteiger partial charge < -0.3 is 10.6 Å². The number of hydrogen-bond acceptors (Lipinski definition) is 4. The third kappa shape index (κ3) is 3.79. The van der Waals surface area contributed by atoms with E-state index in [1.807, 2.05) is 36.4 Å². The van der Waals surface area contributed by atoms with Crippen molar-refractivity contribution in [3.8, 4) is 11.1 Å². The Labute approximate surface area is 173 Å². The number of pyridine rings is 1. The second-order valence-electron chi connectivity index (χ2n) is 7.11. The first-order chi connectivity index (χ1) is 13.9. The molecule has 0 spiro atoms. The highest BCUT2D eigenvalue weighted by molar-refractivity contribution is 6.30. The Kier molecular flexibility index (Phi) is 4.94. The van der Waals surface area contributed by atoms with Gasteiger partial charge in [-0.25, -0.2) is 4.98 Å². The number of benzene rings is 2. The molecule has 6 nitrogen and oxygen atoms in total. The molecule has 0 aliphatic heterocycles. The van der Waals surface area contributed by atoms with Gasteiger partial charge in [0.15, 0.2) is 5.65 Å². The first-order valence-electron chi connectivity index (χ1n) is 9.11. The number of carbonyl (C=O) groups excluding carboxylic acids is 1. The van der Waals surface area contributed by atoms with E-state index in [-0.39, 0.29) is 5.91 Å².